The van der Waals surface area contributed by atoms with Crippen molar-refractivity contribution in [2.24, 2.45) is 0 Å². The number of nitrogens with one attached hydrogen (secondary N) is 1. The first kappa shape index (κ1) is 10.5. The molecule has 0 saturated carbocycles. The third-order valence-electron chi connectivity index (χ3n) is 3.01. The molecule has 2 aromatic rings. The van der Waals surface area contributed by atoms with Crippen LogP contribution in [0.5, 0.6) is 0 Å². The predicted octanol–water partition coefficient (Wildman–Crippen LogP) is 1.41. The Morgan fingerprint density at radius 1 is 1.29 bits per heavy atom. The summed E-state index contributed by atoms with van der Waals surface area (Å²) in [6, 6.07) is 9.90. The van der Waals surface area contributed by atoms with Gasteiger partial charge in [-0.05, 0) is 24.3 Å². The lowest BCUT2D eigenvalue weighted by atomic mass is 10.1. The monoisotopic (exact) mass is 230 g/mol. The van der Waals surface area contributed by atoms with Gasteiger partial charge in [0, 0.05) is 17.3 Å². The Morgan fingerprint density at radius 3 is 3.06 bits per heavy atom. The van der Waals surface area contributed by atoms with E-state index in [-0.39, 0.29) is 6.04 Å². The molecule has 2 N–H and O–H groups in total. The van der Waals surface area contributed by atoms with Gasteiger partial charge in [0.15, 0.2) is 0 Å². The average molecular weight is 230 g/mol. The van der Waals surface area contributed by atoms with Gasteiger partial charge < -0.3 is 15.2 Å². The molecule has 0 bridgehead atoms. The zero-order chi connectivity index (χ0) is 11.7. The van der Waals surface area contributed by atoms with E-state index in [0.29, 0.717) is 13.2 Å². The minimum absolute atomic E-state index is 0.0240. The van der Waals surface area contributed by atoms with Crippen LogP contribution < -0.4 is 5.32 Å². The standard InChI is InChI=1S/C13H14N2O2/c16-13-8-17-7-12(13)15-10-3-4-11-9(6-10)2-1-5-14-11/h1-6,12-13,15-16H,7-8H2/t12-,13-/m1/s1. The highest BCUT2D eigenvalue weighted by atomic mass is 16.5. The Labute approximate surface area is 99.2 Å². The molecule has 1 saturated heterocycles. The van der Waals surface area contributed by atoms with E-state index in [9.17, 15) is 5.11 Å². The molecule has 0 amide bonds. The fourth-order valence-corrected chi connectivity index (χ4v) is 2.06. The van der Waals surface area contributed by atoms with Gasteiger partial charge in [-0.15, -0.1) is 0 Å². The van der Waals surface area contributed by atoms with Gasteiger partial charge in [-0.1, -0.05) is 6.07 Å². The number of ether oxygens (including phenoxy) is 1. The zero-order valence-corrected chi connectivity index (χ0v) is 9.34. The summed E-state index contributed by atoms with van der Waals surface area (Å²) >= 11 is 0. The smallest absolute Gasteiger partial charge is 0.0996 e. The van der Waals surface area contributed by atoms with E-state index in [0.717, 1.165) is 16.6 Å². The van der Waals surface area contributed by atoms with E-state index in [4.69, 9.17) is 4.74 Å². The van der Waals surface area contributed by atoms with E-state index in [2.05, 4.69) is 10.3 Å². The lowest BCUT2D eigenvalue weighted by Gasteiger charge is -2.16. The first-order valence-corrected chi connectivity index (χ1v) is 5.70. The summed E-state index contributed by atoms with van der Waals surface area (Å²) in [6.45, 7) is 0.957. The van der Waals surface area contributed by atoms with Crippen molar-refractivity contribution in [2.45, 2.75) is 12.1 Å². The zero-order valence-electron chi connectivity index (χ0n) is 9.34. The second kappa shape index (κ2) is 4.31. The van der Waals surface area contributed by atoms with Crippen molar-refractivity contribution in [3.63, 3.8) is 0 Å². The highest BCUT2D eigenvalue weighted by Crippen LogP contribution is 2.19. The Balaban J connectivity index is 1.85. The first-order valence-electron chi connectivity index (χ1n) is 5.70. The van der Waals surface area contributed by atoms with Gasteiger partial charge >= 0.3 is 0 Å². The van der Waals surface area contributed by atoms with Crippen LogP contribution in [-0.4, -0.2) is 35.5 Å². The first-order chi connectivity index (χ1) is 8.33. The average Bonchev–Trinajstić information content (AvgIpc) is 2.75. The molecule has 4 nitrogen and oxygen atoms in total. The second-order valence-corrected chi connectivity index (χ2v) is 4.27. The maximum absolute atomic E-state index is 9.66. The Hall–Kier alpha value is -1.65. The number of aliphatic hydroxyl groups is 1. The lowest BCUT2D eigenvalue weighted by Crippen LogP contribution is -2.31. The van der Waals surface area contributed by atoms with Gasteiger partial charge in [0.1, 0.15) is 0 Å². The number of nitrogens with zero attached hydrogens (tertiary/aromatic N) is 1. The fourth-order valence-electron chi connectivity index (χ4n) is 2.06. The van der Waals surface area contributed by atoms with Crippen LogP contribution in [0.25, 0.3) is 10.9 Å². The summed E-state index contributed by atoms with van der Waals surface area (Å²) in [7, 11) is 0. The number of pyridine rings is 1. The van der Waals surface area contributed by atoms with E-state index in [1.54, 1.807) is 6.20 Å². The van der Waals surface area contributed by atoms with E-state index < -0.39 is 6.10 Å². The number of aromatic nitrogens is 1. The SMILES string of the molecule is O[C@@H]1COC[C@H]1Nc1ccc2ncccc2c1. The lowest BCUT2D eigenvalue weighted by molar-refractivity contribution is 0.125. The topological polar surface area (TPSA) is 54.4 Å². The summed E-state index contributed by atoms with van der Waals surface area (Å²) < 4.78 is 5.20. The molecule has 1 aromatic heterocycles. The van der Waals surface area contributed by atoms with Gasteiger partial charge in [-0.25, -0.2) is 0 Å². The minimum Gasteiger partial charge on any atom is -0.388 e. The highest BCUT2D eigenvalue weighted by Gasteiger charge is 2.25. The largest absolute Gasteiger partial charge is 0.388 e. The second-order valence-electron chi connectivity index (χ2n) is 4.27. The summed E-state index contributed by atoms with van der Waals surface area (Å²) in [5, 5.41) is 14.0. The number of aliphatic hydroxyl groups excluding tert-OH is 1. The van der Waals surface area contributed by atoms with Crippen LogP contribution in [-0.2, 0) is 4.74 Å². The molecule has 0 radical (unpaired) electrons. The van der Waals surface area contributed by atoms with Crippen molar-refractivity contribution in [3.8, 4) is 0 Å². The van der Waals surface area contributed by atoms with Crippen molar-refractivity contribution >= 4 is 16.6 Å². The Morgan fingerprint density at radius 2 is 2.24 bits per heavy atom. The van der Waals surface area contributed by atoms with Crippen molar-refractivity contribution < 1.29 is 9.84 Å². The molecule has 4 heteroatoms. The van der Waals surface area contributed by atoms with Crippen LogP contribution in [0.4, 0.5) is 5.69 Å². The van der Waals surface area contributed by atoms with Crippen LogP contribution in [0.15, 0.2) is 36.5 Å². The van der Waals surface area contributed by atoms with E-state index in [1.807, 2.05) is 30.3 Å². The highest BCUT2D eigenvalue weighted by molar-refractivity contribution is 5.82. The van der Waals surface area contributed by atoms with Gasteiger partial charge in [-0.2, -0.15) is 0 Å². The van der Waals surface area contributed by atoms with Crippen LogP contribution in [0.2, 0.25) is 0 Å². The molecule has 0 unspecified atom stereocenters. The molecule has 0 spiro atoms. The van der Waals surface area contributed by atoms with Gasteiger partial charge in [-0.3, -0.25) is 4.98 Å². The molecule has 0 aliphatic carbocycles. The molecule has 1 aliphatic rings. The van der Waals surface area contributed by atoms with Gasteiger partial charge in [0.2, 0.25) is 0 Å². The van der Waals surface area contributed by atoms with Crippen LogP contribution in [0, 0.1) is 0 Å². The summed E-state index contributed by atoms with van der Waals surface area (Å²) in [4.78, 5) is 4.27. The molecule has 1 aromatic carbocycles. The maximum atomic E-state index is 9.66. The molecule has 17 heavy (non-hydrogen) atoms. The summed E-state index contributed by atoms with van der Waals surface area (Å²) in [5.41, 5.74) is 1.96. The van der Waals surface area contributed by atoms with E-state index >= 15 is 0 Å². The minimum atomic E-state index is -0.431. The predicted molar refractivity (Wildman–Crippen MR) is 66.0 cm³/mol. The molecular formula is C13H14N2O2. The van der Waals surface area contributed by atoms with Crippen molar-refractivity contribution in [2.75, 3.05) is 18.5 Å². The number of hydrogen-bond donors (Lipinski definition) is 2. The molecule has 1 aliphatic heterocycles. The van der Waals surface area contributed by atoms with Crippen molar-refractivity contribution in [3.05, 3.63) is 36.5 Å². The number of anilines is 1. The number of fused-ring (bicyclic) bond motifs is 1. The molecular weight excluding hydrogens is 216 g/mol. The third-order valence-corrected chi connectivity index (χ3v) is 3.01. The molecule has 88 valence electrons. The van der Waals surface area contributed by atoms with Crippen LogP contribution >= 0.6 is 0 Å². The summed E-state index contributed by atoms with van der Waals surface area (Å²) in [6.07, 6.45) is 1.35. The molecule has 3 rings (SSSR count). The number of hydrogen-bond acceptors (Lipinski definition) is 4. The number of benzene rings is 1. The molecule has 2 heterocycles. The normalized spacial score (nSPS) is 24.1. The maximum Gasteiger partial charge on any atom is 0.0996 e. The Kier molecular flexibility index (Phi) is 2.66. The van der Waals surface area contributed by atoms with Crippen LogP contribution in [0.1, 0.15) is 0 Å². The quantitative estimate of drug-likeness (QED) is 0.819. The van der Waals surface area contributed by atoms with Gasteiger partial charge in [0.05, 0.1) is 30.9 Å². The third kappa shape index (κ3) is 2.09. The fraction of sp³-hybridized carbons (Fsp3) is 0.308. The van der Waals surface area contributed by atoms with Crippen LogP contribution in [0.3, 0.4) is 0 Å². The van der Waals surface area contributed by atoms with E-state index in [1.165, 1.54) is 0 Å². The van der Waals surface area contributed by atoms with Crippen molar-refractivity contribution in [1.82, 2.24) is 4.98 Å². The molecule has 2 atom stereocenters. The summed E-state index contributed by atoms with van der Waals surface area (Å²) in [5.74, 6) is 0. The Bertz CT molecular complexity index is 530. The number of rotatable bonds is 2. The van der Waals surface area contributed by atoms with Gasteiger partial charge in [0.25, 0.3) is 0 Å². The van der Waals surface area contributed by atoms with Crippen molar-refractivity contribution in [1.29, 1.82) is 0 Å². The molecule has 1 fully saturated rings.